The van der Waals surface area contributed by atoms with Crippen molar-refractivity contribution in [2.75, 3.05) is 25.6 Å². The van der Waals surface area contributed by atoms with Crippen LogP contribution in [0, 0.1) is 0 Å². The van der Waals surface area contributed by atoms with E-state index in [1.165, 1.54) is 0 Å². The Morgan fingerprint density at radius 1 is 1.44 bits per heavy atom. The maximum Gasteiger partial charge on any atom is 0.242 e. The minimum absolute atomic E-state index is 0.0500. The number of nitrogens with one attached hydrogen (secondary N) is 2. The largest absolute Gasteiger partial charge is 0.385 e. The average Bonchev–Trinajstić information content (AvgIpc) is 2.37. The minimum Gasteiger partial charge on any atom is -0.385 e. The molecule has 0 saturated carbocycles. The van der Waals surface area contributed by atoms with Crippen LogP contribution in [0.3, 0.4) is 0 Å². The lowest BCUT2D eigenvalue weighted by Gasteiger charge is -2.16. The molecule has 1 aromatic rings. The van der Waals surface area contributed by atoms with Crippen molar-refractivity contribution in [1.82, 2.24) is 5.32 Å². The summed E-state index contributed by atoms with van der Waals surface area (Å²) in [5.41, 5.74) is 0.763. The molecule has 1 atom stereocenters. The molecule has 0 fully saturated rings. The van der Waals surface area contributed by atoms with Crippen LogP contribution in [0.5, 0.6) is 0 Å². The predicted molar refractivity (Wildman–Crippen MR) is 74.0 cm³/mol. The Morgan fingerprint density at radius 2 is 2.17 bits per heavy atom. The summed E-state index contributed by atoms with van der Waals surface area (Å²) in [6, 6.07) is 7.03. The van der Waals surface area contributed by atoms with E-state index in [1.807, 2.05) is 18.2 Å². The third-order valence-electron chi connectivity index (χ3n) is 2.46. The van der Waals surface area contributed by atoms with E-state index in [-0.39, 0.29) is 11.9 Å². The predicted octanol–water partition coefficient (Wildman–Crippen LogP) is 2.29. The third-order valence-corrected chi connectivity index (χ3v) is 2.79. The summed E-state index contributed by atoms with van der Waals surface area (Å²) in [5, 5.41) is 6.52. The molecule has 100 valence electrons. The number of anilines is 1. The number of methoxy groups -OCH3 is 1. The average molecular weight is 271 g/mol. The van der Waals surface area contributed by atoms with Gasteiger partial charge in [0, 0.05) is 20.3 Å². The van der Waals surface area contributed by atoms with Crippen molar-refractivity contribution in [1.29, 1.82) is 0 Å². The van der Waals surface area contributed by atoms with E-state index >= 15 is 0 Å². The van der Waals surface area contributed by atoms with Crippen LogP contribution in [0.1, 0.15) is 13.3 Å². The maximum atomic E-state index is 11.8. The Bertz CT molecular complexity index is 385. The molecule has 5 heteroatoms. The monoisotopic (exact) mass is 270 g/mol. The first-order valence-corrected chi connectivity index (χ1v) is 6.30. The third kappa shape index (κ3) is 4.94. The number of para-hydroxylation sites is 1. The molecule has 0 radical (unpaired) electrons. The smallest absolute Gasteiger partial charge is 0.242 e. The minimum atomic E-state index is -0.326. The molecule has 0 aliphatic heterocycles. The van der Waals surface area contributed by atoms with Crippen LogP contribution in [0.2, 0.25) is 5.02 Å². The van der Waals surface area contributed by atoms with Gasteiger partial charge in [0.1, 0.15) is 6.04 Å². The highest BCUT2D eigenvalue weighted by Gasteiger charge is 2.12. The van der Waals surface area contributed by atoms with Crippen molar-refractivity contribution < 1.29 is 9.53 Å². The van der Waals surface area contributed by atoms with E-state index in [1.54, 1.807) is 20.1 Å². The zero-order valence-electron chi connectivity index (χ0n) is 10.7. The van der Waals surface area contributed by atoms with E-state index in [9.17, 15) is 4.79 Å². The van der Waals surface area contributed by atoms with Crippen molar-refractivity contribution in [3.63, 3.8) is 0 Å². The highest BCUT2D eigenvalue weighted by atomic mass is 35.5. The fraction of sp³-hybridized carbons (Fsp3) is 0.462. The summed E-state index contributed by atoms with van der Waals surface area (Å²) >= 11 is 6.01. The Hall–Kier alpha value is -1.26. The van der Waals surface area contributed by atoms with Crippen molar-refractivity contribution in [3.8, 4) is 0 Å². The van der Waals surface area contributed by atoms with Crippen LogP contribution in [-0.4, -0.2) is 32.2 Å². The number of amides is 1. The number of hydrogen-bond donors (Lipinski definition) is 2. The van der Waals surface area contributed by atoms with Gasteiger partial charge >= 0.3 is 0 Å². The molecule has 1 amide bonds. The molecule has 0 bridgehead atoms. The van der Waals surface area contributed by atoms with E-state index in [2.05, 4.69) is 10.6 Å². The van der Waals surface area contributed by atoms with E-state index in [4.69, 9.17) is 16.3 Å². The number of ether oxygens (including phenoxy) is 1. The fourth-order valence-electron chi connectivity index (χ4n) is 1.46. The van der Waals surface area contributed by atoms with Crippen LogP contribution < -0.4 is 10.6 Å². The standard InChI is InChI=1S/C13H19ClN2O2/c1-10(13(17)15-8-5-9-18-2)16-12-7-4-3-6-11(12)14/h3-4,6-7,10,16H,5,8-9H2,1-2H3,(H,15,17). The molecule has 0 saturated heterocycles. The van der Waals surface area contributed by atoms with Gasteiger partial charge in [-0.25, -0.2) is 0 Å². The van der Waals surface area contributed by atoms with E-state index in [0.717, 1.165) is 12.1 Å². The topological polar surface area (TPSA) is 50.4 Å². The lowest BCUT2D eigenvalue weighted by Crippen LogP contribution is -2.38. The quantitative estimate of drug-likeness (QED) is 0.748. The van der Waals surface area contributed by atoms with Crippen LogP contribution in [0.4, 0.5) is 5.69 Å². The molecule has 0 spiro atoms. The Kier molecular flexibility index (Phi) is 6.54. The van der Waals surface area contributed by atoms with Gasteiger partial charge < -0.3 is 15.4 Å². The van der Waals surface area contributed by atoms with Gasteiger partial charge in [-0.2, -0.15) is 0 Å². The number of hydrogen-bond acceptors (Lipinski definition) is 3. The molecule has 4 nitrogen and oxygen atoms in total. The zero-order valence-corrected chi connectivity index (χ0v) is 11.5. The van der Waals surface area contributed by atoms with Crippen molar-refractivity contribution in [3.05, 3.63) is 29.3 Å². The second-order valence-corrected chi connectivity index (χ2v) is 4.39. The molecule has 1 rings (SSSR count). The first-order chi connectivity index (χ1) is 8.65. The lowest BCUT2D eigenvalue weighted by atomic mass is 10.2. The number of halogens is 1. The van der Waals surface area contributed by atoms with Crippen LogP contribution in [-0.2, 0) is 9.53 Å². The number of carbonyl (C=O) groups excluding carboxylic acids is 1. The van der Waals surface area contributed by atoms with Crippen molar-refractivity contribution in [2.45, 2.75) is 19.4 Å². The highest BCUT2D eigenvalue weighted by molar-refractivity contribution is 6.33. The molecular weight excluding hydrogens is 252 g/mol. The van der Waals surface area contributed by atoms with Gasteiger partial charge in [0.15, 0.2) is 0 Å². The summed E-state index contributed by atoms with van der Waals surface area (Å²) in [6.07, 6.45) is 0.807. The van der Waals surface area contributed by atoms with Crippen molar-refractivity contribution in [2.24, 2.45) is 0 Å². The van der Waals surface area contributed by atoms with Crippen LogP contribution in [0.15, 0.2) is 24.3 Å². The normalized spacial score (nSPS) is 11.9. The first kappa shape index (κ1) is 14.8. The molecule has 0 aromatic heterocycles. The van der Waals surface area contributed by atoms with Gasteiger partial charge in [-0.3, -0.25) is 4.79 Å². The van der Waals surface area contributed by atoms with E-state index in [0.29, 0.717) is 18.2 Å². The molecule has 18 heavy (non-hydrogen) atoms. The SMILES string of the molecule is COCCCNC(=O)C(C)Nc1ccccc1Cl. The van der Waals surface area contributed by atoms with E-state index < -0.39 is 0 Å². The Labute approximate surface area is 113 Å². The molecule has 0 aliphatic rings. The van der Waals surface area contributed by atoms with Gasteiger partial charge in [-0.15, -0.1) is 0 Å². The van der Waals surface area contributed by atoms with Gasteiger partial charge in [0.2, 0.25) is 5.91 Å². The van der Waals surface area contributed by atoms with Gasteiger partial charge in [-0.05, 0) is 25.5 Å². The fourth-order valence-corrected chi connectivity index (χ4v) is 1.65. The van der Waals surface area contributed by atoms with Gasteiger partial charge in [0.25, 0.3) is 0 Å². The maximum absolute atomic E-state index is 11.8. The van der Waals surface area contributed by atoms with Gasteiger partial charge in [-0.1, -0.05) is 23.7 Å². The Balaban J connectivity index is 2.38. The second-order valence-electron chi connectivity index (χ2n) is 3.98. The summed E-state index contributed by atoms with van der Waals surface area (Å²) < 4.78 is 4.91. The van der Waals surface area contributed by atoms with Crippen LogP contribution in [0.25, 0.3) is 0 Å². The molecular formula is C13H19ClN2O2. The highest BCUT2D eigenvalue weighted by Crippen LogP contribution is 2.21. The van der Waals surface area contributed by atoms with Gasteiger partial charge in [0.05, 0.1) is 10.7 Å². The Morgan fingerprint density at radius 3 is 2.83 bits per heavy atom. The lowest BCUT2D eigenvalue weighted by molar-refractivity contribution is -0.121. The molecule has 2 N–H and O–H groups in total. The molecule has 1 unspecified atom stereocenters. The molecule has 0 heterocycles. The second kappa shape index (κ2) is 7.95. The first-order valence-electron chi connectivity index (χ1n) is 5.93. The van der Waals surface area contributed by atoms with Crippen molar-refractivity contribution >= 4 is 23.2 Å². The number of rotatable bonds is 7. The molecule has 0 aliphatic carbocycles. The zero-order chi connectivity index (χ0) is 13.4. The van der Waals surface area contributed by atoms with Crippen LogP contribution >= 0.6 is 11.6 Å². The summed E-state index contributed by atoms with van der Waals surface area (Å²) in [6.45, 7) is 3.06. The summed E-state index contributed by atoms with van der Waals surface area (Å²) in [4.78, 5) is 11.8. The molecule has 1 aromatic carbocycles. The summed E-state index contributed by atoms with van der Waals surface area (Å²) in [7, 11) is 1.64. The number of carbonyl (C=O) groups is 1. The summed E-state index contributed by atoms with van der Waals surface area (Å²) in [5.74, 6) is -0.0500. The number of benzene rings is 1.